The van der Waals surface area contributed by atoms with Crippen molar-refractivity contribution in [1.82, 2.24) is 9.97 Å². The molecular weight excluding hydrogens is 218 g/mol. The van der Waals surface area contributed by atoms with Gasteiger partial charge in [0.05, 0.1) is 12.6 Å². The van der Waals surface area contributed by atoms with Gasteiger partial charge in [0, 0.05) is 18.0 Å². The Morgan fingerprint density at radius 1 is 1.29 bits per heavy atom. The molecule has 0 unspecified atom stereocenters. The molecule has 0 atom stereocenters. The summed E-state index contributed by atoms with van der Waals surface area (Å²) in [5, 5.41) is 12.1. The van der Waals surface area contributed by atoms with Gasteiger partial charge in [0.1, 0.15) is 5.75 Å². The third-order valence-electron chi connectivity index (χ3n) is 2.17. The number of hydrogen-bond donors (Lipinski definition) is 2. The van der Waals surface area contributed by atoms with Gasteiger partial charge in [-0.25, -0.2) is 4.98 Å². The lowest BCUT2D eigenvalue weighted by molar-refractivity contribution is -0.115. The average Bonchev–Trinajstić information content (AvgIpc) is 2.33. The van der Waals surface area contributed by atoms with Gasteiger partial charge in [0.25, 0.3) is 0 Å². The molecule has 0 aliphatic heterocycles. The van der Waals surface area contributed by atoms with Crippen LogP contribution in [0.25, 0.3) is 0 Å². The molecule has 1 aromatic carbocycles. The predicted molar refractivity (Wildman–Crippen MR) is 62.5 cm³/mol. The average molecular weight is 229 g/mol. The van der Waals surface area contributed by atoms with E-state index in [1.807, 2.05) is 0 Å². The van der Waals surface area contributed by atoms with E-state index in [9.17, 15) is 9.90 Å². The first-order valence-electron chi connectivity index (χ1n) is 5.08. The van der Waals surface area contributed by atoms with Crippen LogP contribution in [0.1, 0.15) is 5.56 Å². The number of para-hydroxylation sites is 1. The van der Waals surface area contributed by atoms with Crippen molar-refractivity contribution < 1.29 is 9.90 Å². The third-order valence-corrected chi connectivity index (χ3v) is 2.17. The molecule has 2 rings (SSSR count). The number of anilines is 1. The van der Waals surface area contributed by atoms with Gasteiger partial charge in [-0.2, -0.15) is 0 Å². The number of nitrogens with one attached hydrogen (secondary N) is 1. The van der Waals surface area contributed by atoms with Crippen LogP contribution >= 0.6 is 0 Å². The monoisotopic (exact) mass is 229 g/mol. The van der Waals surface area contributed by atoms with E-state index in [0.29, 0.717) is 11.4 Å². The summed E-state index contributed by atoms with van der Waals surface area (Å²) in [6, 6.07) is 6.72. The summed E-state index contributed by atoms with van der Waals surface area (Å²) in [4.78, 5) is 19.4. The van der Waals surface area contributed by atoms with Gasteiger partial charge in [-0.05, 0) is 6.07 Å². The fourth-order valence-electron chi connectivity index (χ4n) is 1.38. The Morgan fingerprint density at radius 3 is 2.82 bits per heavy atom. The first-order valence-corrected chi connectivity index (χ1v) is 5.08. The Hall–Kier alpha value is -2.43. The molecule has 5 nitrogen and oxygen atoms in total. The molecule has 5 heteroatoms. The van der Waals surface area contributed by atoms with Gasteiger partial charge in [-0.15, -0.1) is 0 Å². The maximum atomic E-state index is 11.6. The molecule has 0 spiro atoms. The summed E-state index contributed by atoms with van der Waals surface area (Å²) in [6.45, 7) is 0. The van der Waals surface area contributed by atoms with E-state index >= 15 is 0 Å². The van der Waals surface area contributed by atoms with Gasteiger partial charge in [-0.1, -0.05) is 18.2 Å². The molecule has 0 bridgehead atoms. The number of amides is 1. The zero-order valence-electron chi connectivity index (χ0n) is 9.00. The van der Waals surface area contributed by atoms with Gasteiger partial charge < -0.3 is 10.4 Å². The number of carbonyl (C=O) groups excluding carboxylic acids is 1. The Labute approximate surface area is 98.2 Å². The van der Waals surface area contributed by atoms with Crippen LogP contribution < -0.4 is 5.32 Å². The topological polar surface area (TPSA) is 75.1 Å². The SMILES string of the molecule is O=C(Cc1ccccc1O)Nc1cnccn1. The fourth-order valence-corrected chi connectivity index (χ4v) is 1.38. The van der Waals surface area contributed by atoms with Crippen molar-refractivity contribution in [3.05, 3.63) is 48.4 Å². The molecule has 2 aromatic rings. The molecule has 0 aliphatic rings. The second kappa shape index (κ2) is 5.07. The number of phenols is 1. The Morgan fingerprint density at radius 2 is 2.12 bits per heavy atom. The maximum absolute atomic E-state index is 11.6. The van der Waals surface area contributed by atoms with Gasteiger partial charge in [-0.3, -0.25) is 9.78 Å². The molecule has 86 valence electrons. The van der Waals surface area contributed by atoms with E-state index in [4.69, 9.17) is 0 Å². The highest BCUT2D eigenvalue weighted by Gasteiger charge is 2.07. The van der Waals surface area contributed by atoms with E-state index in [0.717, 1.165) is 0 Å². The van der Waals surface area contributed by atoms with Crippen molar-refractivity contribution in [3.8, 4) is 5.75 Å². The van der Waals surface area contributed by atoms with Gasteiger partial charge in [0.15, 0.2) is 5.82 Å². The lowest BCUT2D eigenvalue weighted by atomic mass is 10.1. The first kappa shape index (κ1) is 11.1. The zero-order valence-corrected chi connectivity index (χ0v) is 9.00. The van der Waals surface area contributed by atoms with E-state index in [-0.39, 0.29) is 18.1 Å². The van der Waals surface area contributed by atoms with Crippen LogP contribution in [0.15, 0.2) is 42.9 Å². The molecule has 0 radical (unpaired) electrons. The van der Waals surface area contributed by atoms with E-state index in [1.54, 1.807) is 24.3 Å². The number of hydrogen-bond acceptors (Lipinski definition) is 4. The van der Waals surface area contributed by atoms with Gasteiger partial charge in [0.2, 0.25) is 5.91 Å². The standard InChI is InChI=1S/C12H11N3O2/c16-10-4-2-1-3-9(10)7-12(17)15-11-8-13-5-6-14-11/h1-6,8,16H,7H2,(H,14,15,17). The zero-order chi connectivity index (χ0) is 12.1. The van der Waals surface area contributed by atoms with Crippen LogP contribution in [-0.4, -0.2) is 21.0 Å². The maximum Gasteiger partial charge on any atom is 0.230 e. The van der Waals surface area contributed by atoms with E-state index < -0.39 is 0 Å². The smallest absolute Gasteiger partial charge is 0.230 e. The molecule has 0 aliphatic carbocycles. The Balaban J connectivity index is 2.01. The molecule has 0 saturated heterocycles. The molecule has 1 aromatic heterocycles. The third kappa shape index (κ3) is 3.01. The van der Waals surface area contributed by atoms with E-state index in [1.165, 1.54) is 18.6 Å². The van der Waals surface area contributed by atoms with Crippen molar-refractivity contribution in [3.63, 3.8) is 0 Å². The summed E-state index contributed by atoms with van der Waals surface area (Å²) in [7, 11) is 0. The van der Waals surface area contributed by atoms with Crippen molar-refractivity contribution in [2.75, 3.05) is 5.32 Å². The molecule has 1 amide bonds. The molecule has 17 heavy (non-hydrogen) atoms. The highest BCUT2D eigenvalue weighted by atomic mass is 16.3. The number of benzene rings is 1. The summed E-state index contributed by atoms with van der Waals surface area (Å²) in [5.41, 5.74) is 0.578. The predicted octanol–water partition coefficient (Wildman–Crippen LogP) is 1.36. The van der Waals surface area contributed by atoms with Crippen molar-refractivity contribution >= 4 is 11.7 Å². The van der Waals surface area contributed by atoms with Crippen LogP contribution in [0.5, 0.6) is 5.75 Å². The van der Waals surface area contributed by atoms with E-state index in [2.05, 4.69) is 15.3 Å². The van der Waals surface area contributed by atoms with Crippen LogP contribution in [-0.2, 0) is 11.2 Å². The van der Waals surface area contributed by atoms with Crippen LogP contribution in [0.4, 0.5) is 5.82 Å². The molecule has 2 N–H and O–H groups in total. The van der Waals surface area contributed by atoms with Crippen LogP contribution in [0.2, 0.25) is 0 Å². The molecule has 0 fully saturated rings. The lowest BCUT2D eigenvalue weighted by Gasteiger charge is -2.05. The minimum Gasteiger partial charge on any atom is -0.508 e. The normalized spacial score (nSPS) is 9.88. The number of phenolic OH excluding ortho intramolecular Hbond substituents is 1. The summed E-state index contributed by atoms with van der Waals surface area (Å²) >= 11 is 0. The second-order valence-corrected chi connectivity index (χ2v) is 3.44. The summed E-state index contributed by atoms with van der Waals surface area (Å²) in [6.07, 6.45) is 4.58. The lowest BCUT2D eigenvalue weighted by Crippen LogP contribution is -2.15. The van der Waals surface area contributed by atoms with Crippen molar-refractivity contribution in [2.24, 2.45) is 0 Å². The number of aromatic nitrogens is 2. The first-order chi connectivity index (χ1) is 8.25. The number of nitrogens with zero attached hydrogens (tertiary/aromatic N) is 2. The highest BCUT2D eigenvalue weighted by Crippen LogP contribution is 2.16. The Kier molecular flexibility index (Phi) is 3.30. The minimum atomic E-state index is -0.244. The number of aromatic hydroxyl groups is 1. The number of rotatable bonds is 3. The second-order valence-electron chi connectivity index (χ2n) is 3.44. The summed E-state index contributed by atoms with van der Waals surface area (Å²) in [5.74, 6) is 0.265. The quantitative estimate of drug-likeness (QED) is 0.833. The molecule has 0 saturated carbocycles. The van der Waals surface area contributed by atoms with Crippen LogP contribution in [0, 0.1) is 0 Å². The molecular formula is C12H11N3O2. The highest BCUT2D eigenvalue weighted by molar-refractivity contribution is 5.91. The van der Waals surface area contributed by atoms with Crippen molar-refractivity contribution in [1.29, 1.82) is 0 Å². The fraction of sp³-hybridized carbons (Fsp3) is 0.0833. The number of carbonyl (C=O) groups is 1. The largest absolute Gasteiger partial charge is 0.508 e. The molecule has 1 heterocycles. The van der Waals surface area contributed by atoms with Gasteiger partial charge >= 0.3 is 0 Å². The summed E-state index contributed by atoms with van der Waals surface area (Å²) < 4.78 is 0. The van der Waals surface area contributed by atoms with Crippen LogP contribution in [0.3, 0.4) is 0 Å². The Bertz CT molecular complexity index is 514. The van der Waals surface area contributed by atoms with Crippen molar-refractivity contribution in [2.45, 2.75) is 6.42 Å². The minimum absolute atomic E-state index is 0.100.